The van der Waals surface area contributed by atoms with E-state index < -0.39 is 17.6 Å². The normalized spacial score (nSPS) is 15.6. The number of thioether (sulfide) groups is 1. The van der Waals surface area contributed by atoms with Gasteiger partial charge in [-0.15, -0.1) is 0 Å². The first-order chi connectivity index (χ1) is 16.2. The van der Waals surface area contributed by atoms with Crippen molar-refractivity contribution in [3.05, 3.63) is 75.8 Å². The summed E-state index contributed by atoms with van der Waals surface area (Å²) in [4.78, 5) is 17.6. The number of thiazole rings is 1. The van der Waals surface area contributed by atoms with E-state index in [9.17, 15) is 18.0 Å². The van der Waals surface area contributed by atoms with E-state index in [1.807, 2.05) is 24.3 Å². The van der Waals surface area contributed by atoms with E-state index in [1.165, 1.54) is 34.6 Å². The van der Waals surface area contributed by atoms with E-state index >= 15 is 0 Å². The number of aromatic nitrogens is 1. The molecule has 0 bridgehead atoms. The Morgan fingerprint density at radius 1 is 1.15 bits per heavy atom. The number of carbonyl (C=O) groups excluding carboxylic acids is 1. The number of fused-ring (bicyclic) bond motifs is 1. The number of alkyl halides is 3. The molecule has 12 heteroatoms. The van der Waals surface area contributed by atoms with Crippen molar-refractivity contribution in [1.82, 2.24) is 9.99 Å². The van der Waals surface area contributed by atoms with Gasteiger partial charge in [0.1, 0.15) is 11.5 Å². The minimum atomic E-state index is -4.51. The molecule has 0 saturated carbocycles. The molecule has 0 aliphatic carbocycles. The molecule has 1 fully saturated rings. The third kappa shape index (κ3) is 4.43. The molecule has 1 N–H and O–H groups in total. The van der Waals surface area contributed by atoms with Crippen LogP contribution in [0.3, 0.4) is 0 Å². The average Bonchev–Trinajstić information content (AvgIpc) is 3.48. The summed E-state index contributed by atoms with van der Waals surface area (Å²) in [5.74, 6) is 0.0127. The van der Waals surface area contributed by atoms with Crippen LogP contribution in [0.1, 0.15) is 11.3 Å². The van der Waals surface area contributed by atoms with Crippen LogP contribution in [0, 0.1) is 0 Å². The zero-order chi connectivity index (χ0) is 24.0. The van der Waals surface area contributed by atoms with Crippen LogP contribution in [0.15, 0.2) is 63.9 Å². The first-order valence-corrected chi connectivity index (χ1v) is 12.0. The second-order valence-corrected chi connectivity index (χ2v) is 10.1. The second-order valence-electron chi connectivity index (χ2n) is 7.01. The number of amides is 1. The summed E-state index contributed by atoms with van der Waals surface area (Å²) in [6.07, 6.45) is -3.04. The molecule has 0 spiro atoms. The van der Waals surface area contributed by atoms with Crippen molar-refractivity contribution in [3.8, 4) is 11.3 Å². The van der Waals surface area contributed by atoms with E-state index in [1.54, 1.807) is 6.07 Å². The van der Waals surface area contributed by atoms with Gasteiger partial charge in [-0.1, -0.05) is 46.8 Å². The van der Waals surface area contributed by atoms with Gasteiger partial charge in [-0.3, -0.25) is 10.2 Å². The van der Waals surface area contributed by atoms with E-state index in [-0.39, 0.29) is 31.3 Å². The molecule has 172 valence electrons. The Bertz CT molecular complexity index is 1450. The van der Waals surface area contributed by atoms with Crippen LogP contribution in [-0.2, 0) is 11.0 Å². The highest BCUT2D eigenvalue weighted by atomic mass is 35.5. The van der Waals surface area contributed by atoms with Crippen LogP contribution in [0.4, 0.5) is 18.3 Å². The molecule has 3 heterocycles. The van der Waals surface area contributed by atoms with Crippen molar-refractivity contribution in [2.45, 2.75) is 6.18 Å². The number of nitrogens with zero attached hydrogens (tertiary/aromatic N) is 2. The molecular weight excluding hydrogens is 527 g/mol. The zero-order valence-corrected chi connectivity index (χ0v) is 19.9. The third-order valence-corrected chi connectivity index (χ3v) is 7.33. The summed E-state index contributed by atoms with van der Waals surface area (Å²) in [6.45, 7) is 0. The van der Waals surface area contributed by atoms with Crippen molar-refractivity contribution in [1.29, 1.82) is 0 Å². The molecule has 5 nitrogen and oxygen atoms in total. The van der Waals surface area contributed by atoms with E-state index in [4.69, 9.17) is 28.2 Å². The largest absolute Gasteiger partial charge is 0.457 e. The predicted octanol–water partition coefficient (Wildman–Crippen LogP) is 7.46. The van der Waals surface area contributed by atoms with Gasteiger partial charge in [0, 0.05) is 11.6 Å². The molecule has 1 aliphatic heterocycles. The zero-order valence-electron chi connectivity index (χ0n) is 16.7. The number of hydrogen-bond acceptors (Lipinski definition) is 7. The molecule has 1 aliphatic rings. The van der Waals surface area contributed by atoms with Crippen molar-refractivity contribution in [2.75, 3.05) is 5.43 Å². The van der Waals surface area contributed by atoms with Crippen LogP contribution in [0.2, 0.25) is 5.02 Å². The Morgan fingerprint density at radius 3 is 2.71 bits per heavy atom. The summed E-state index contributed by atoms with van der Waals surface area (Å²) in [5.41, 5.74) is 2.99. The van der Waals surface area contributed by atoms with Crippen molar-refractivity contribution < 1.29 is 22.4 Å². The molecule has 34 heavy (non-hydrogen) atoms. The molecule has 4 aromatic rings. The molecule has 1 amide bonds. The van der Waals surface area contributed by atoms with E-state index in [0.717, 1.165) is 34.1 Å². The van der Waals surface area contributed by atoms with Gasteiger partial charge in [-0.2, -0.15) is 18.2 Å². The lowest BCUT2D eigenvalue weighted by molar-refractivity contribution is -0.137. The van der Waals surface area contributed by atoms with Gasteiger partial charge in [0.15, 0.2) is 4.32 Å². The van der Waals surface area contributed by atoms with Crippen LogP contribution >= 0.6 is 46.9 Å². The molecule has 1 saturated heterocycles. The summed E-state index contributed by atoms with van der Waals surface area (Å²) < 4.78 is 46.1. The van der Waals surface area contributed by atoms with Crippen LogP contribution in [0.25, 0.3) is 27.6 Å². The first kappa shape index (κ1) is 22.9. The fourth-order valence-electron chi connectivity index (χ4n) is 3.17. The Kier molecular flexibility index (Phi) is 5.88. The van der Waals surface area contributed by atoms with Gasteiger partial charge in [0.05, 0.1) is 25.7 Å². The number of anilines is 1. The van der Waals surface area contributed by atoms with Crippen LogP contribution < -0.4 is 5.43 Å². The smallest absolute Gasteiger partial charge is 0.416 e. The van der Waals surface area contributed by atoms with Crippen molar-refractivity contribution >= 4 is 78.6 Å². The number of carbonyl (C=O) groups is 1. The van der Waals surface area contributed by atoms with Gasteiger partial charge >= 0.3 is 6.18 Å². The lowest BCUT2D eigenvalue weighted by Gasteiger charge is -2.14. The monoisotopic (exact) mass is 537 g/mol. The Labute approximate surface area is 209 Å². The molecule has 0 unspecified atom stereocenters. The highest BCUT2D eigenvalue weighted by Gasteiger charge is 2.34. The summed E-state index contributed by atoms with van der Waals surface area (Å²) in [5, 5.41) is 1.84. The van der Waals surface area contributed by atoms with E-state index in [2.05, 4.69) is 10.4 Å². The molecule has 5 rings (SSSR count). The molecule has 2 aromatic heterocycles. The minimum absolute atomic E-state index is 0.0983. The lowest BCUT2D eigenvalue weighted by Crippen LogP contribution is -2.33. The SMILES string of the molecule is O=C1C(=Cc2ccc(-c3cc(C(F)(F)F)ccc3Cl)o2)SC(=S)N1Nc1nc2ccccc2s1. The number of para-hydroxylation sites is 1. The lowest BCUT2D eigenvalue weighted by atomic mass is 10.1. The quantitative estimate of drug-likeness (QED) is 0.215. The number of thiocarbonyl (C=S) groups is 1. The number of hydrazine groups is 1. The number of hydrogen-bond donors (Lipinski definition) is 1. The molecule has 0 atom stereocenters. The highest BCUT2D eigenvalue weighted by Crippen LogP contribution is 2.38. The maximum Gasteiger partial charge on any atom is 0.416 e. The van der Waals surface area contributed by atoms with Gasteiger partial charge in [0.2, 0.25) is 5.13 Å². The minimum Gasteiger partial charge on any atom is -0.457 e. The number of halogens is 4. The predicted molar refractivity (Wildman–Crippen MR) is 132 cm³/mol. The Hall–Kier alpha value is -2.86. The average molecular weight is 538 g/mol. The summed E-state index contributed by atoms with van der Waals surface area (Å²) in [7, 11) is 0. The molecular formula is C22H11ClF3N3O2S3. The summed E-state index contributed by atoms with van der Waals surface area (Å²) in [6, 6.07) is 13.6. The Morgan fingerprint density at radius 2 is 1.94 bits per heavy atom. The molecule has 2 aromatic carbocycles. The van der Waals surface area contributed by atoms with Crippen molar-refractivity contribution in [2.24, 2.45) is 0 Å². The van der Waals surface area contributed by atoms with Gasteiger partial charge < -0.3 is 4.42 Å². The summed E-state index contributed by atoms with van der Waals surface area (Å²) >= 11 is 13.9. The number of furan rings is 1. The topological polar surface area (TPSA) is 58.4 Å². The van der Waals surface area contributed by atoms with Gasteiger partial charge in [0.25, 0.3) is 5.91 Å². The highest BCUT2D eigenvalue weighted by molar-refractivity contribution is 8.26. The standard InChI is InChI=1S/C22H11ClF3N3O2S3/c23-14-7-5-11(22(24,25)26)9-13(14)16-8-6-12(31-16)10-18-19(30)29(21(32)34-18)28-20-27-15-3-1-2-4-17(15)33-20/h1-10H,(H,27,28). The van der Waals surface area contributed by atoms with Crippen LogP contribution in [0.5, 0.6) is 0 Å². The second kappa shape index (κ2) is 8.73. The van der Waals surface area contributed by atoms with Crippen molar-refractivity contribution in [3.63, 3.8) is 0 Å². The van der Waals surface area contributed by atoms with Gasteiger partial charge in [-0.05, 0) is 54.7 Å². The number of rotatable bonds is 4. The Balaban J connectivity index is 1.38. The number of benzene rings is 2. The maximum absolute atomic E-state index is 13.1. The fourth-order valence-corrected chi connectivity index (χ4v) is 5.40. The van der Waals surface area contributed by atoms with Crippen LogP contribution in [-0.4, -0.2) is 20.2 Å². The first-order valence-electron chi connectivity index (χ1n) is 9.56. The fraction of sp³-hybridized carbons (Fsp3) is 0.0455. The van der Waals surface area contributed by atoms with E-state index in [0.29, 0.717) is 5.13 Å². The maximum atomic E-state index is 13.1. The number of nitrogens with one attached hydrogen (secondary N) is 1. The molecule has 0 radical (unpaired) electrons. The van der Waals surface area contributed by atoms with Gasteiger partial charge in [-0.25, -0.2) is 4.98 Å². The third-order valence-electron chi connectivity index (χ3n) is 4.75.